The van der Waals surface area contributed by atoms with Gasteiger partial charge in [0.05, 0.1) is 6.42 Å². The topological polar surface area (TPSA) is 68.6 Å². The van der Waals surface area contributed by atoms with E-state index in [4.69, 9.17) is 0 Å². The van der Waals surface area contributed by atoms with Crippen molar-refractivity contribution in [1.29, 1.82) is 0 Å². The first-order valence-corrected chi connectivity index (χ1v) is 5.27. The Hall–Kier alpha value is -2.17. The smallest absolute Gasteiger partial charge is 0.188 e. The molecule has 0 N–H and O–H groups in total. The van der Waals surface area contributed by atoms with Crippen LogP contribution in [0.25, 0.3) is 0 Å². The van der Waals surface area contributed by atoms with Crippen molar-refractivity contribution in [1.82, 2.24) is 19.9 Å². The number of hydrogen-bond acceptors (Lipinski definition) is 5. The van der Waals surface area contributed by atoms with Crippen LogP contribution in [0.15, 0.2) is 24.4 Å². The number of nitrogens with zero attached hydrogens (tertiary/aromatic N) is 4. The van der Waals surface area contributed by atoms with Crippen molar-refractivity contribution >= 4 is 5.78 Å². The molecule has 0 amide bonds. The molecule has 2 aromatic heterocycles. The summed E-state index contributed by atoms with van der Waals surface area (Å²) in [6.07, 6.45) is 1.75. The van der Waals surface area contributed by atoms with Crippen LogP contribution in [0.5, 0.6) is 0 Å². The number of ketones is 1. The van der Waals surface area contributed by atoms with Gasteiger partial charge < -0.3 is 0 Å². The maximum atomic E-state index is 11.9. The molecule has 0 atom stereocenters. The second kappa shape index (κ2) is 4.78. The van der Waals surface area contributed by atoms with Gasteiger partial charge in [-0.15, -0.1) is 0 Å². The van der Waals surface area contributed by atoms with Gasteiger partial charge >= 0.3 is 0 Å². The lowest BCUT2D eigenvalue weighted by atomic mass is 10.2. The highest BCUT2D eigenvalue weighted by molar-refractivity contribution is 5.95. The molecule has 0 bridgehead atoms. The van der Waals surface area contributed by atoms with Crippen molar-refractivity contribution in [2.24, 2.45) is 0 Å². The molecule has 0 saturated carbocycles. The summed E-state index contributed by atoms with van der Waals surface area (Å²) < 4.78 is 0. The third kappa shape index (κ3) is 2.90. The number of rotatable bonds is 3. The average molecular weight is 228 g/mol. The van der Waals surface area contributed by atoms with Crippen molar-refractivity contribution < 1.29 is 4.79 Å². The van der Waals surface area contributed by atoms with E-state index in [2.05, 4.69) is 19.9 Å². The number of aromatic nitrogens is 4. The first kappa shape index (κ1) is 11.3. The Kier molecular flexibility index (Phi) is 3.18. The molecule has 0 aliphatic heterocycles. The number of aryl methyl sites for hydroxylation is 2. The molecule has 0 radical (unpaired) electrons. The van der Waals surface area contributed by atoms with Crippen molar-refractivity contribution in [3.8, 4) is 0 Å². The Morgan fingerprint density at radius 3 is 2.41 bits per heavy atom. The molecule has 0 aliphatic carbocycles. The second-order valence-corrected chi connectivity index (χ2v) is 3.66. The van der Waals surface area contributed by atoms with Crippen LogP contribution in [-0.4, -0.2) is 25.7 Å². The number of carbonyl (C=O) groups excluding carboxylic acids is 1. The molecule has 0 saturated heterocycles. The SMILES string of the molecule is Cc1nc(C)nc(CC(=O)c2ccccn2)n1. The first-order chi connectivity index (χ1) is 8.15. The maximum absolute atomic E-state index is 11.9. The summed E-state index contributed by atoms with van der Waals surface area (Å²) in [5, 5.41) is 0. The third-order valence-electron chi connectivity index (χ3n) is 2.17. The van der Waals surface area contributed by atoms with Crippen LogP contribution in [0.1, 0.15) is 28.0 Å². The van der Waals surface area contributed by atoms with Crippen LogP contribution in [0.3, 0.4) is 0 Å². The molecule has 0 aromatic carbocycles. The summed E-state index contributed by atoms with van der Waals surface area (Å²) in [6, 6.07) is 5.24. The molecular weight excluding hydrogens is 216 g/mol. The van der Waals surface area contributed by atoms with Crippen molar-refractivity contribution in [2.75, 3.05) is 0 Å². The van der Waals surface area contributed by atoms with Gasteiger partial charge in [0.25, 0.3) is 0 Å². The molecule has 5 nitrogen and oxygen atoms in total. The minimum Gasteiger partial charge on any atom is -0.292 e. The number of hydrogen-bond donors (Lipinski definition) is 0. The normalized spacial score (nSPS) is 10.2. The molecule has 86 valence electrons. The lowest BCUT2D eigenvalue weighted by Gasteiger charge is -2.01. The van der Waals surface area contributed by atoms with E-state index in [0.29, 0.717) is 23.2 Å². The Balaban J connectivity index is 2.19. The molecule has 0 aliphatic rings. The Labute approximate surface area is 99.0 Å². The van der Waals surface area contributed by atoms with Crippen LogP contribution in [0.2, 0.25) is 0 Å². The first-order valence-electron chi connectivity index (χ1n) is 5.27. The number of Topliss-reactive ketones (excluding diaryl/α,β-unsaturated/α-hetero) is 1. The second-order valence-electron chi connectivity index (χ2n) is 3.66. The fourth-order valence-electron chi connectivity index (χ4n) is 1.52. The van der Waals surface area contributed by atoms with Gasteiger partial charge in [-0.05, 0) is 26.0 Å². The quantitative estimate of drug-likeness (QED) is 0.741. The van der Waals surface area contributed by atoms with Gasteiger partial charge in [-0.2, -0.15) is 0 Å². The van der Waals surface area contributed by atoms with Gasteiger partial charge in [0.15, 0.2) is 5.78 Å². The highest BCUT2D eigenvalue weighted by atomic mass is 16.1. The largest absolute Gasteiger partial charge is 0.292 e. The number of carbonyl (C=O) groups is 1. The average Bonchev–Trinajstić information content (AvgIpc) is 2.28. The van der Waals surface area contributed by atoms with Gasteiger partial charge in [-0.1, -0.05) is 6.07 Å². The lowest BCUT2D eigenvalue weighted by Crippen LogP contribution is -2.10. The van der Waals surface area contributed by atoms with Crippen molar-refractivity contribution in [3.63, 3.8) is 0 Å². The monoisotopic (exact) mass is 228 g/mol. The van der Waals surface area contributed by atoms with E-state index in [1.807, 2.05) is 0 Å². The van der Waals surface area contributed by atoms with E-state index in [9.17, 15) is 4.79 Å². The summed E-state index contributed by atoms with van der Waals surface area (Å²) in [5.41, 5.74) is 0.434. The van der Waals surface area contributed by atoms with Gasteiger partial charge in [0.2, 0.25) is 0 Å². The van der Waals surface area contributed by atoms with Crippen LogP contribution in [0.4, 0.5) is 0 Å². The molecule has 0 unspecified atom stereocenters. The Bertz CT molecular complexity index is 519. The number of pyridine rings is 1. The van der Waals surface area contributed by atoms with Gasteiger partial charge in [-0.3, -0.25) is 9.78 Å². The van der Waals surface area contributed by atoms with E-state index in [0.717, 1.165) is 0 Å². The molecule has 2 aromatic rings. The molecule has 0 spiro atoms. The molecule has 2 heterocycles. The van der Waals surface area contributed by atoms with E-state index in [-0.39, 0.29) is 12.2 Å². The predicted octanol–water partition coefficient (Wildman–Crippen LogP) is 1.31. The third-order valence-corrected chi connectivity index (χ3v) is 2.17. The van der Waals surface area contributed by atoms with Gasteiger partial charge in [-0.25, -0.2) is 15.0 Å². The molecular formula is C12H12N4O. The van der Waals surface area contributed by atoms with Crippen LogP contribution >= 0.6 is 0 Å². The van der Waals surface area contributed by atoms with Gasteiger partial charge in [0, 0.05) is 6.20 Å². The molecule has 17 heavy (non-hydrogen) atoms. The van der Waals surface area contributed by atoms with E-state index in [1.165, 1.54) is 0 Å². The highest BCUT2D eigenvalue weighted by Gasteiger charge is 2.10. The highest BCUT2D eigenvalue weighted by Crippen LogP contribution is 2.02. The standard InChI is InChI=1S/C12H12N4O/c1-8-14-9(2)16-12(15-8)7-11(17)10-5-3-4-6-13-10/h3-6H,7H2,1-2H3. The van der Waals surface area contributed by atoms with Crippen LogP contribution < -0.4 is 0 Å². The summed E-state index contributed by atoms with van der Waals surface area (Å²) >= 11 is 0. The van der Waals surface area contributed by atoms with Crippen LogP contribution in [0, 0.1) is 13.8 Å². The zero-order chi connectivity index (χ0) is 12.3. The summed E-state index contributed by atoms with van der Waals surface area (Å²) in [7, 11) is 0. The van der Waals surface area contributed by atoms with Crippen molar-refractivity contribution in [2.45, 2.75) is 20.3 Å². The Morgan fingerprint density at radius 1 is 1.12 bits per heavy atom. The summed E-state index contributed by atoms with van der Waals surface area (Å²) in [6.45, 7) is 3.56. The van der Waals surface area contributed by atoms with E-state index in [1.54, 1.807) is 38.2 Å². The lowest BCUT2D eigenvalue weighted by molar-refractivity contribution is 0.0986. The molecule has 5 heteroatoms. The molecule has 0 fully saturated rings. The van der Waals surface area contributed by atoms with E-state index >= 15 is 0 Å². The van der Waals surface area contributed by atoms with Crippen molar-refractivity contribution in [3.05, 3.63) is 47.6 Å². The fourth-order valence-corrected chi connectivity index (χ4v) is 1.52. The van der Waals surface area contributed by atoms with Crippen LogP contribution in [-0.2, 0) is 6.42 Å². The summed E-state index contributed by atoms with van der Waals surface area (Å²) in [5.74, 6) is 1.66. The van der Waals surface area contributed by atoms with Gasteiger partial charge in [0.1, 0.15) is 23.2 Å². The summed E-state index contributed by atoms with van der Waals surface area (Å²) in [4.78, 5) is 28.2. The minimum absolute atomic E-state index is 0.0874. The fraction of sp³-hybridized carbons (Fsp3) is 0.250. The predicted molar refractivity (Wildman–Crippen MR) is 61.6 cm³/mol. The Morgan fingerprint density at radius 2 is 1.82 bits per heavy atom. The zero-order valence-corrected chi connectivity index (χ0v) is 9.71. The minimum atomic E-state index is -0.0874. The van der Waals surface area contributed by atoms with E-state index < -0.39 is 0 Å². The zero-order valence-electron chi connectivity index (χ0n) is 9.71. The molecule has 2 rings (SSSR count). The maximum Gasteiger partial charge on any atom is 0.188 e.